The second kappa shape index (κ2) is 11.5. The highest BCUT2D eigenvalue weighted by molar-refractivity contribution is 5.91. The number of esters is 1. The molecule has 0 saturated heterocycles. The van der Waals surface area contributed by atoms with E-state index in [2.05, 4.69) is 19.2 Å². The van der Waals surface area contributed by atoms with Crippen LogP contribution in [-0.4, -0.2) is 41.4 Å². The lowest BCUT2D eigenvalue weighted by Gasteiger charge is -2.57. The van der Waals surface area contributed by atoms with Gasteiger partial charge in [-0.3, -0.25) is 19.2 Å². The quantitative estimate of drug-likeness (QED) is 0.389. The van der Waals surface area contributed by atoms with Crippen LogP contribution in [0.25, 0.3) is 0 Å². The SMILES string of the molecule is C[C@]12CC[C@H]3[C@@H](CCC4=CC(=O)CC[C@@]43C)[C@@H]1CC[C@H]2OC(=O)CCC(=O)NC[C@@H](CC(=O)O)c1ccccc1. The number of ketones is 1. The van der Waals surface area contributed by atoms with Gasteiger partial charge in [-0.05, 0) is 79.8 Å². The van der Waals surface area contributed by atoms with Crippen molar-refractivity contribution >= 4 is 23.6 Å². The summed E-state index contributed by atoms with van der Waals surface area (Å²) in [5, 5.41) is 12.1. The molecule has 1 aromatic carbocycles. The van der Waals surface area contributed by atoms with Gasteiger partial charge in [0.05, 0.1) is 12.8 Å². The molecule has 1 aromatic rings. The molecule has 2 N–H and O–H groups in total. The van der Waals surface area contributed by atoms with E-state index in [1.165, 1.54) is 5.57 Å². The third-order valence-corrected chi connectivity index (χ3v) is 10.9. The van der Waals surface area contributed by atoms with Crippen molar-refractivity contribution in [1.82, 2.24) is 5.32 Å². The van der Waals surface area contributed by atoms with Crippen LogP contribution in [0.3, 0.4) is 0 Å². The molecule has 0 bridgehead atoms. The first kappa shape index (κ1) is 28.6. The second-order valence-electron chi connectivity index (χ2n) is 13.1. The van der Waals surface area contributed by atoms with Crippen LogP contribution in [0.4, 0.5) is 0 Å². The number of hydrogen-bond acceptors (Lipinski definition) is 5. The Labute approximate surface area is 237 Å². The van der Waals surface area contributed by atoms with Crippen LogP contribution in [-0.2, 0) is 23.9 Å². The van der Waals surface area contributed by atoms with E-state index in [-0.39, 0.29) is 66.3 Å². The second-order valence-corrected chi connectivity index (χ2v) is 13.1. The van der Waals surface area contributed by atoms with Crippen LogP contribution in [0.1, 0.15) is 96.0 Å². The molecule has 0 unspecified atom stereocenters. The average Bonchev–Trinajstić information content (AvgIpc) is 3.26. The highest BCUT2D eigenvalue weighted by Crippen LogP contribution is 2.65. The zero-order valence-corrected chi connectivity index (χ0v) is 23.8. The third-order valence-electron chi connectivity index (χ3n) is 10.9. The van der Waals surface area contributed by atoms with Gasteiger partial charge in [0.25, 0.3) is 0 Å². The van der Waals surface area contributed by atoms with E-state index >= 15 is 0 Å². The molecular formula is C33H43NO6. The van der Waals surface area contributed by atoms with Crippen molar-refractivity contribution in [2.45, 2.75) is 96.5 Å². The predicted octanol–water partition coefficient (Wildman–Crippen LogP) is 5.59. The molecule has 7 heteroatoms. The van der Waals surface area contributed by atoms with Gasteiger partial charge in [0.15, 0.2) is 5.78 Å². The number of nitrogens with one attached hydrogen (secondary N) is 1. The largest absolute Gasteiger partial charge is 0.481 e. The molecular weight excluding hydrogens is 506 g/mol. The highest BCUT2D eigenvalue weighted by atomic mass is 16.5. The molecule has 3 fully saturated rings. The minimum Gasteiger partial charge on any atom is -0.481 e. The van der Waals surface area contributed by atoms with Crippen LogP contribution in [0.15, 0.2) is 42.0 Å². The monoisotopic (exact) mass is 549 g/mol. The smallest absolute Gasteiger partial charge is 0.306 e. The Kier molecular flexibility index (Phi) is 8.21. The van der Waals surface area contributed by atoms with Crippen LogP contribution in [0.2, 0.25) is 0 Å². The summed E-state index contributed by atoms with van der Waals surface area (Å²) in [5.41, 5.74) is 2.32. The van der Waals surface area contributed by atoms with E-state index in [1.807, 2.05) is 36.4 Å². The maximum absolute atomic E-state index is 12.9. The zero-order valence-electron chi connectivity index (χ0n) is 23.8. The van der Waals surface area contributed by atoms with Gasteiger partial charge >= 0.3 is 11.9 Å². The number of fused-ring (bicyclic) bond motifs is 5. The van der Waals surface area contributed by atoms with Crippen molar-refractivity contribution in [3.8, 4) is 0 Å². The lowest BCUT2D eigenvalue weighted by atomic mass is 9.47. The summed E-state index contributed by atoms with van der Waals surface area (Å²) in [6, 6.07) is 9.29. The van der Waals surface area contributed by atoms with E-state index in [1.54, 1.807) is 0 Å². The summed E-state index contributed by atoms with van der Waals surface area (Å²) >= 11 is 0. The van der Waals surface area contributed by atoms with E-state index in [4.69, 9.17) is 4.74 Å². The number of aliphatic carboxylic acids is 1. The number of hydrogen-bond donors (Lipinski definition) is 2. The summed E-state index contributed by atoms with van der Waals surface area (Å²) in [7, 11) is 0. The predicted molar refractivity (Wildman–Crippen MR) is 150 cm³/mol. The number of carboxylic acid groups (broad SMARTS) is 1. The number of carbonyl (C=O) groups is 4. The molecule has 4 aliphatic rings. The van der Waals surface area contributed by atoms with E-state index in [0.717, 1.165) is 50.5 Å². The van der Waals surface area contributed by atoms with Gasteiger partial charge in [-0.1, -0.05) is 49.8 Å². The Morgan fingerprint density at radius 3 is 2.52 bits per heavy atom. The van der Waals surface area contributed by atoms with Crippen LogP contribution >= 0.6 is 0 Å². The summed E-state index contributed by atoms with van der Waals surface area (Å²) < 4.78 is 6.05. The van der Waals surface area contributed by atoms with Gasteiger partial charge in [0.2, 0.25) is 5.91 Å². The molecule has 5 rings (SSSR count). The maximum Gasteiger partial charge on any atom is 0.306 e. The van der Waals surface area contributed by atoms with Gasteiger partial charge in [-0.2, -0.15) is 0 Å². The fourth-order valence-electron chi connectivity index (χ4n) is 8.71. The fourth-order valence-corrected chi connectivity index (χ4v) is 8.71. The Balaban J connectivity index is 1.13. The lowest BCUT2D eigenvalue weighted by Crippen LogP contribution is -2.51. The molecule has 7 atom stereocenters. The van der Waals surface area contributed by atoms with Crippen molar-refractivity contribution in [3.05, 3.63) is 47.5 Å². The standard InChI is InChI=1S/C33H43NO6/c1-32-16-14-24(35)19-23(32)8-9-25-26-10-11-28(33(26,2)17-15-27(25)32)40-31(39)13-12-29(36)34-20-22(18-30(37)38)21-6-4-3-5-7-21/h3-7,19,22,25-28H,8-18,20H2,1-2H3,(H,34,36)(H,37,38)/t22-,25+,26+,27+,28-,32+,33+/m1/s1. The number of carboxylic acids is 1. The molecule has 216 valence electrons. The van der Waals surface area contributed by atoms with E-state index in [0.29, 0.717) is 24.2 Å². The van der Waals surface area contributed by atoms with E-state index in [9.17, 15) is 24.3 Å². The van der Waals surface area contributed by atoms with Gasteiger partial charge < -0.3 is 15.2 Å². The molecule has 0 radical (unpaired) electrons. The summed E-state index contributed by atoms with van der Waals surface area (Å²) in [4.78, 5) is 48.8. The first-order valence-electron chi connectivity index (χ1n) is 15.1. The minimum atomic E-state index is -0.919. The van der Waals surface area contributed by atoms with Crippen molar-refractivity contribution in [2.24, 2.45) is 28.6 Å². The fraction of sp³-hybridized carbons (Fsp3) is 0.636. The van der Waals surface area contributed by atoms with Crippen LogP contribution in [0, 0.1) is 28.6 Å². The number of ether oxygens (including phenoxy) is 1. The number of benzene rings is 1. The molecule has 0 aromatic heterocycles. The molecule has 0 aliphatic heterocycles. The molecule has 40 heavy (non-hydrogen) atoms. The van der Waals surface area contributed by atoms with Gasteiger partial charge in [0.1, 0.15) is 6.10 Å². The van der Waals surface area contributed by atoms with Crippen molar-refractivity contribution < 1.29 is 29.0 Å². The third kappa shape index (κ3) is 5.61. The normalized spacial score (nSPS) is 33.5. The van der Waals surface area contributed by atoms with Gasteiger partial charge in [-0.25, -0.2) is 0 Å². The Morgan fingerprint density at radius 2 is 1.77 bits per heavy atom. The molecule has 0 spiro atoms. The van der Waals surface area contributed by atoms with E-state index < -0.39 is 5.97 Å². The summed E-state index contributed by atoms with van der Waals surface area (Å²) in [5.74, 6) is 0.145. The number of carbonyl (C=O) groups excluding carboxylic acids is 3. The first-order valence-corrected chi connectivity index (χ1v) is 15.1. The number of amides is 1. The molecule has 3 saturated carbocycles. The molecule has 7 nitrogen and oxygen atoms in total. The van der Waals surface area contributed by atoms with Crippen LogP contribution < -0.4 is 5.32 Å². The van der Waals surface area contributed by atoms with Gasteiger partial charge in [-0.15, -0.1) is 0 Å². The Hall–Kier alpha value is -2.96. The number of allylic oxidation sites excluding steroid dienone is 1. The maximum atomic E-state index is 12.9. The van der Waals surface area contributed by atoms with Gasteiger partial charge in [0, 0.05) is 30.7 Å². The first-order chi connectivity index (χ1) is 19.1. The minimum absolute atomic E-state index is 0.0182. The summed E-state index contributed by atoms with van der Waals surface area (Å²) in [6.45, 7) is 4.89. The summed E-state index contributed by atoms with van der Waals surface area (Å²) in [6.07, 6.45) is 9.60. The molecule has 1 amide bonds. The van der Waals surface area contributed by atoms with Crippen molar-refractivity contribution in [1.29, 1.82) is 0 Å². The number of rotatable bonds is 9. The molecule has 0 heterocycles. The zero-order chi connectivity index (χ0) is 28.5. The topological polar surface area (TPSA) is 110 Å². The lowest BCUT2D eigenvalue weighted by molar-refractivity contribution is -0.160. The average molecular weight is 550 g/mol. The van der Waals surface area contributed by atoms with Crippen LogP contribution in [0.5, 0.6) is 0 Å². The van der Waals surface area contributed by atoms with Crippen molar-refractivity contribution in [2.75, 3.05) is 6.54 Å². The highest BCUT2D eigenvalue weighted by Gasteiger charge is 2.59. The Morgan fingerprint density at radius 1 is 1.00 bits per heavy atom. The van der Waals surface area contributed by atoms with Crippen molar-refractivity contribution in [3.63, 3.8) is 0 Å². The Bertz CT molecular complexity index is 1180. The molecule has 4 aliphatic carbocycles.